The number of urea groups is 2. The van der Waals surface area contributed by atoms with Crippen LogP contribution >= 0.6 is 0 Å². The van der Waals surface area contributed by atoms with Crippen molar-refractivity contribution in [2.45, 2.75) is 78.0 Å². The molecule has 1 aliphatic carbocycles. The van der Waals surface area contributed by atoms with Gasteiger partial charge >= 0.3 is 12.1 Å². The number of aliphatic hydroxyl groups excluding tert-OH is 1. The van der Waals surface area contributed by atoms with Gasteiger partial charge in [-0.05, 0) is 51.8 Å². The fraction of sp³-hybridized carbons (Fsp3) is 0.586. The predicted octanol–water partition coefficient (Wildman–Crippen LogP) is 4.13. The molecule has 224 valence electrons. The number of anilines is 2. The Balaban J connectivity index is 1.54. The molecule has 2 heterocycles. The molecule has 3 atom stereocenters. The van der Waals surface area contributed by atoms with Gasteiger partial charge in [0.1, 0.15) is 23.2 Å². The SMILES string of the molecule is Cc1noc(C)c1NC(=O)Nc1ccc2c(c1)C(=O)N([C@H](C)CO)C[C@@H](C)[C@@H](CN(C)C(=O)NC1CCCCC1)O2. The van der Waals surface area contributed by atoms with Gasteiger partial charge in [0.2, 0.25) is 0 Å². The number of aryl methyl sites for hydroxylation is 2. The number of amides is 5. The Hall–Kier alpha value is -3.80. The van der Waals surface area contributed by atoms with Gasteiger partial charge in [0.25, 0.3) is 5.91 Å². The Labute approximate surface area is 240 Å². The molecule has 0 bridgehead atoms. The van der Waals surface area contributed by atoms with Crippen molar-refractivity contribution in [3.63, 3.8) is 0 Å². The summed E-state index contributed by atoms with van der Waals surface area (Å²) < 4.78 is 11.5. The Morgan fingerprint density at radius 2 is 1.93 bits per heavy atom. The van der Waals surface area contributed by atoms with Crippen molar-refractivity contribution in [1.29, 1.82) is 0 Å². The summed E-state index contributed by atoms with van der Waals surface area (Å²) in [6.07, 6.45) is 5.02. The normalized spacial score (nSPS) is 20.2. The summed E-state index contributed by atoms with van der Waals surface area (Å²) in [6, 6.07) is 3.95. The zero-order valence-electron chi connectivity index (χ0n) is 24.5. The Bertz CT molecular complexity index is 1220. The van der Waals surface area contributed by atoms with E-state index in [1.165, 1.54) is 6.42 Å². The van der Waals surface area contributed by atoms with Crippen molar-refractivity contribution >= 4 is 29.3 Å². The molecule has 4 rings (SSSR count). The van der Waals surface area contributed by atoms with E-state index in [2.05, 4.69) is 21.1 Å². The van der Waals surface area contributed by atoms with Crippen molar-refractivity contribution < 1.29 is 28.8 Å². The standard InChI is InChI=1S/C29H42N6O6/c1-17-14-35(18(2)16-36)27(37)23-13-22(30-28(38)32-26-19(3)33-41-20(26)4)11-12-24(23)40-25(17)15-34(5)29(39)31-21-9-7-6-8-10-21/h11-13,17-18,21,25,36H,6-10,14-16H2,1-5H3,(H,31,39)(H2,30,32,38)/t17-,18-,25-/m1/s1. The Morgan fingerprint density at radius 3 is 2.59 bits per heavy atom. The second-order valence-electron chi connectivity index (χ2n) is 11.3. The van der Waals surface area contributed by atoms with E-state index in [1.807, 2.05) is 6.92 Å². The molecule has 5 amide bonds. The van der Waals surface area contributed by atoms with Gasteiger partial charge in [0.05, 0.1) is 24.8 Å². The molecule has 1 saturated carbocycles. The number of hydrogen-bond acceptors (Lipinski definition) is 7. The van der Waals surface area contributed by atoms with Gasteiger partial charge in [0, 0.05) is 31.2 Å². The lowest BCUT2D eigenvalue weighted by Crippen LogP contribution is -2.52. The molecular formula is C29H42N6O6. The summed E-state index contributed by atoms with van der Waals surface area (Å²) in [5.41, 5.74) is 1.66. The highest BCUT2D eigenvalue weighted by Gasteiger charge is 2.34. The summed E-state index contributed by atoms with van der Waals surface area (Å²) in [4.78, 5) is 42.6. The summed E-state index contributed by atoms with van der Waals surface area (Å²) >= 11 is 0. The van der Waals surface area contributed by atoms with E-state index in [1.54, 1.807) is 55.8 Å². The number of likely N-dealkylation sites (N-methyl/N-ethyl adjacent to an activating group) is 1. The summed E-state index contributed by atoms with van der Waals surface area (Å²) in [5.74, 6) is 0.375. The third kappa shape index (κ3) is 7.29. The maximum atomic E-state index is 13.7. The molecule has 12 nitrogen and oxygen atoms in total. The fourth-order valence-corrected chi connectivity index (χ4v) is 5.34. The topological polar surface area (TPSA) is 149 Å². The fourth-order valence-electron chi connectivity index (χ4n) is 5.34. The van der Waals surface area contributed by atoms with E-state index in [0.717, 1.165) is 25.7 Å². The lowest BCUT2D eigenvalue weighted by Gasteiger charge is -2.38. The van der Waals surface area contributed by atoms with Crippen molar-refractivity contribution in [2.24, 2.45) is 5.92 Å². The molecule has 2 aromatic rings. The monoisotopic (exact) mass is 570 g/mol. The van der Waals surface area contributed by atoms with Crippen LogP contribution in [-0.4, -0.2) is 83.0 Å². The van der Waals surface area contributed by atoms with E-state index >= 15 is 0 Å². The van der Waals surface area contributed by atoms with Gasteiger partial charge in [-0.1, -0.05) is 31.3 Å². The van der Waals surface area contributed by atoms with Crippen LogP contribution in [0.4, 0.5) is 21.0 Å². The minimum absolute atomic E-state index is 0.135. The zero-order valence-corrected chi connectivity index (χ0v) is 24.5. The second-order valence-corrected chi connectivity index (χ2v) is 11.3. The quantitative estimate of drug-likeness (QED) is 0.391. The highest BCUT2D eigenvalue weighted by Crippen LogP contribution is 2.31. The first-order valence-corrected chi connectivity index (χ1v) is 14.3. The molecular weight excluding hydrogens is 528 g/mol. The molecule has 12 heteroatoms. The Morgan fingerprint density at radius 1 is 1.20 bits per heavy atom. The molecule has 0 spiro atoms. The number of rotatable bonds is 7. The molecule has 1 fully saturated rings. The first-order valence-electron chi connectivity index (χ1n) is 14.3. The molecule has 1 aliphatic heterocycles. The summed E-state index contributed by atoms with van der Waals surface area (Å²) in [7, 11) is 1.75. The number of nitrogens with one attached hydrogen (secondary N) is 3. The van der Waals surface area contributed by atoms with Crippen LogP contribution in [0.1, 0.15) is 67.8 Å². The zero-order chi connectivity index (χ0) is 29.7. The molecule has 1 aromatic heterocycles. The highest BCUT2D eigenvalue weighted by molar-refractivity contribution is 6.03. The van der Waals surface area contributed by atoms with Crippen molar-refractivity contribution in [2.75, 3.05) is 37.4 Å². The van der Waals surface area contributed by atoms with Crippen LogP contribution in [0.25, 0.3) is 0 Å². The van der Waals surface area contributed by atoms with Gasteiger partial charge in [-0.15, -0.1) is 0 Å². The smallest absolute Gasteiger partial charge is 0.323 e. The molecule has 0 saturated heterocycles. The maximum absolute atomic E-state index is 13.7. The molecule has 0 radical (unpaired) electrons. The summed E-state index contributed by atoms with van der Waals surface area (Å²) in [6.45, 7) is 7.61. The predicted molar refractivity (Wildman–Crippen MR) is 154 cm³/mol. The first-order chi connectivity index (χ1) is 19.6. The van der Waals surface area contributed by atoms with Gasteiger partial charge in [0.15, 0.2) is 5.76 Å². The number of carbonyl (C=O) groups is 3. The van der Waals surface area contributed by atoms with Crippen LogP contribution in [0.2, 0.25) is 0 Å². The van der Waals surface area contributed by atoms with E-state index in [0.29, 0.717) is 41.7 Å². The number of benzene rings is 1. The molecule has 1 aromatic carbocycles. The maximum Gasteiger partial charge on any atom is 0.323 e. The highest BCUT2D eigenvalue weighted by atomic mass is 16.5. The molecule has 41 heavy (non-hydrogen) atoms. The van der Waals surface area contributed by atoms with Crippen molar-refractivity contribution in [3.05, 3.63) is 35.2 Å². The van der Waals surface area contributed by atoms with Gasteiger partial charge in [-0.3, -0.25) is 4.79 Å². The van der Waals surface area contributed by atoms with Crippen LogP contribution in [0.15, 0.2) is 22.7 Å². The van der Waals surface area contributed by atoms with E-state index < -0.39 is 18.2 Å². The minimum Gasteiger partial charge on any atom is -0.487 e. The van der Waals surface area contributed by atoms with E-state index in [9.17, 15) is 19.5 Å². The van der Waals surface area contributed by atoms with Gasteiger partial charge in [-0.25, -0.2) is 9.59 Å². The average molecular weight is 571 g/mol. The lowest BCUT2D eigenvalue weighted by atomic mass is 9.96. The Kier molecular flexibility index (Phi) is 9.74. The third-order valence-electron chi connectivity index (χ3n) is 7.93. The molecule has 2 aliphatic rings. The van der Waals surface area contributed by atoms with Crippen LogP contribution < -0.4 is 20.7 Å². The van der Waals surface area contributed by atoms with Crippen molar-refractivity contribution in [1.82, 2.24) is 20.3 Å². The number of hydrogen-bond donors (Lipinski definition) is 4. The van der Waals surface area contributed by atoms with Crippen LogP contribution in [0.5, 0.6) is 5.75 Å². The number of aromatic nitrogens is 1. The van der Waals surface area contributed by atoms with E-state index in [4.69, 9.17) is 9.26 Å². The second kappa shape index (κ2) is 13.2. The van der Waals surface area contributed by atoms with E-state index in [-0.39, 0.29) is 36.1 Å². The molecule has 4 N–H and O–H groups in total. The number of nitrogens with zero attached hydrogens (tertiary/aromatic N) is 3. The molecule has 0 unspecified atom stereocenters. The number of ether oxygens (including phenoxy) is 1. The van der Waals surface area contributed by atoms with Crippen LogP contribution in [0.3, 0.4) is 0 Å². The van der Waals surface area contributed by atoms with Crippen molar-refractivity contribution in [3.8, 4) is 5.75 Å². The van der Waals surface area contributed by atoms with Gasteiger partial charge < -0.3 is 40.1 Å². The average Bonchev–Trinajstić information content (AvgIpc) is 3.27. The minimum atomic E-state index is -0.517. The lowest BCUT2D eigenvalue weighted by molar-refractivity contribution is 0.0366. The largest absolute Gasteiger partial charge is 0.487 e. The third-order valence-corrected chi connectivity index (χ3v) is 7.93. The van der Waals surface area contributed by atoms with Crippen LogP contribution in [0, 0.1) is 19.8 Å². The number of carbonyl (C=O) groups excluding carboxylic acids is 3. The summed E-state index contributed by atoms with van der Waals surface area (Å²) in [5, 5.41) is 22.4. The number of fused-ring (bicyclic) bond motifs is 1. The van der Waals surface area contributed by atoms with Gasteiger partial charge in [-0.2, -0.15) is 0 Å². The first kappa shape index (κ1) is 30.2. The van der Waals surface area contributed by atoms with Crippen LogP contribution in [-0.2, 0) is 0 Å². The number of aliphatic hydroxyl groups is 1.